The van der Waals surface area contributed by atoms with Crippen molar-refractivity contribution in [1.82, 2.24) is 0 Å². The molecule has 4 rings (SSSR count). The van der Waals surface area contributed by atoms with E-state index in [-0.39, 0.29) is 36.6 Å². The molecule has 0 atom stereocenters. The van der Waals surface area contributed by atoms with Gasteiger partial charge in [0.2, 0.25) is 0 Å². The SMILES string of the molecule is CC.CC1(C)OB(C2=CCOCC2)OC1(C)C.CC1(C)OB(C2=CCOCC2)OC1(C)C. The molecule has 0 aromatic carbocycles. The lowest BCUT2D eigenvalue weighted by Gasteiger charge is -2.32. The van der Waals surface area contributed by atoms with E-state index in [9.17, 15) is 0 Å². The molecule has 0 saturated carbocycles. The molecule has 0 aromatic rings. The molecule has 0 amide bonds. The molecule has 6 nitrogen and oxygen atoms in total. The van der Waals surface area contributed by atoms with Crippen LogP contribution in [0.4, 0.5) is 0 Å². The molecule has 0 unspecified atom stereocenters. The van der Waals surface area contributed by atoms with E-state index in [0.717, 1.165) is 26.1 Å². The molecular weight excluding hydrogens is 406 g/mol. The first kappa shape index (κ1) is 27.6. The molecule has 0 N–H and O–H groups in total. The van der Waals surface area contributed by atoms with Crippen LogP contribution in [0.3, 0.4) is 0 Å². The maximum Gasteiger partial charge on any atom is 0.490 e. The molecule has 32 heavy (non-hydrogen) atoms. The molecule has 0 radical (unpaired) electrons. The molecule has 4 aliphatic heterocycles. The van der Waals surface area contributed by atoms with Gasteiger partial charge in [0.15, 0.2) is 0 Å². The lowest BCUT2D eigenvalue weighted by Crippen LogP contribution is -2.41. The van der Waals surface area contributed by atoms with Crippen molar-refractivity contribution in [2.45, 2.75) is 104 Å². The molecule has 182 valence electrons. The molecule has 4 heterocycles. The lowest BCUT2D eigenvalue weighted by atomic mass is 9.75. The van der Waals surface area contributed by atoms with E-state index in [1.165, 1.54) is 10.9 Å². The Labute approximate surface area is 196 Å². The lowest BCUT2D eigenvalue weighted by molar-refractivity contribution is 0.00578. The molecule has 2 fully saturated rings. The maximum absolute atomic E-state index is 5.96. The summed E-state index contributed by atoms with van der Waals surface area (Å²) in [5, 5.41) is 0. The monoisotopic (exact) mass is 450 g/mol. The average molecular weight is 450 g/mol. The first-order valence-electron chi connectivity index (χ1n) is 12.1. The Morgan fingerprint density at radius 3 is 1.06 bits per heavy atom. The zero-order chi connectivity index (χ0) is 24.2. The maximum atomic E-state index is 5.96. The van der Waals surface area contributed by atoms with Crippen LogP contribution in [-0.4, -0.2) is 63.1 Å². The fourth-order valence-corrected chi connectivity index (χ4v) is 3.50. The number of hydrogen-bond donors (Lipinski definition) is 0. The Bertz CT molecular complexity index is 594. The van der Waals surface area contributed by atoms with E-state index in [1.54, 1.807) is 0 Å². The molecule has 2 saturated heterocycles. The van der Waals surface area contributed by atoms with Crippen molar-refractivity contribution in [3.63, 3.8) is 0 Å². The first-order chi connectivity index (χ1) is 14.8. The molecule has 0 spiro atoms. The fourth-order valence-electron chi connectivity index (χ4n) is 3.50. The van der Waals surface area contributed by atoms with Gasteiger partial charge in [-0.15, -0.1) is 0 Å². The van der Waals surface area contributed by atoms with Crippen LogP contribution < -0.4 is 0 Å². The van der Waals surface area contributed by atoms with Crippen LogP contribution in [0.2, 0.25) is 0 Å². The second kappa shape index (κ2) is 10.7. The van der Waals surface area contributed by atoms with Gasteiger partial charge in [-0.3, -0.25) is 0 Å². The molecular formula is C24H44B2O6. The van der Waals surface area contributed by atoms with Crippen molar-refractivity contribution in [3.05, 3.63) is 23.1 Å². The molecule has 0 aliphatic carbocycles. The zero-order valence-corrected chi connectivity index (χ0v) is 22.0. The molecule has 8 heteroatoms. The minimum Gasteiger partial charge on any atom is -0.400 e. The average Bonchev–Trinajstić information content (AvgIpc) is 3.11. The summed E-state index contributed by atoms with van der Waals surface area (Å²) in [6.07, 6.45) is 5.98. The fraction of sp³-hybridized carbons (Fsp3) is 0.833. The Balaban J connectivity index is 0.000000211. The largest absolute Gasteiger partial charge is 0.490 e. The predicted octanol–water partition coefficient (Wildman–Crippen LogP) is 4.96. The molecule has 4 aliphatic rings. The third kappa shape index (κ3) is 6.28. The number of hydrogen-bond acceptors (Lipinski definition) is 6. The summed E-state index contributed by atoms with van der Waals surface area (Å²) in [5.74, 6) is 0. The Hall–Kier alpha value is -0.630. The van der Waals surface area contributed by atoms with E-state index in [0.29, 0.717) is 13.2 Å². The number of rotatable bonds is 2. The van der Waals surface area contributed by atoms with Gasteiger partial charge in [-0.1, -0.05) is 26.0 Å². The normalized spacial score (nSPS) is 27.4. The summed E-state index contributed by atoms with van der Waals surface area (Å²) >= 11 is 0. The highest BCUT2D eigenvalue weighted by Crippen LogP contribution is 2.40. The van der Waals surface area contributed by atoms with Crippen LogP contribution in [0.15, 0.2) is 23.1 Å². The Morgan fingerprint density at radius 2 is 0.844 bits per heavy atom. The van der Waals surface area contributed by atoms with Crippen LogP contribution >= 0.6 is 0 Å². The quantitative estimate of drug-likeness (QED) is 0.555. The van der Waals surface area contributed by atoms with Crippen molar-refractivity contribution in [2.75, 3.05) is 26.4 Å². The summed E-state index contributed by atoms with van der Waals surface area (Å²) in [6, 6.07) is 0. The smallest absolute Gasteiger partial charge is 0.400 e. The van der Waals surface area contributed by atoms with Crippen LogP contribution in [0, 0.1) is 0 Å². The topological polar surface area (TPSA) is 55.4 Å². The van der Waals surface area contributed by atoms with Gasteiger partial charge in [-0.25, -0.2) is 0 Å². The first-order valence-corrected chi connectivity index (χ1v) is 12.1. The van der Waals surface area contributed by atoms with E-state index >= 15 is 0 Å². The van der Waals surface area contributed by atoms with E-state index in [4.69, 9.17) is 28.1 Å². The van der Waals surface area contributed by atoms with Crippen molar-refractivity contribution in [2.24, 2.45) is 0 Å². The third-order valence-corrected chi connectivity index (χ3v) is 7.11. The highest BCUT2D eigenvalue weighted by molar-refractivity contribution is 6.55. The van der Waals surface area contributed by atoms with Gasteiger partial charge in [0.05, 0.1) is 48.8 Å². The predicted molar refractivity (Wildman–Crippen MR) is 131 cm³/mol. The van der Waals surface area contributed by atoms with E-state index in [2.05, 4.69) is 67.5 Å². The highest BCUT2D eigenvalue weighted by atomic mass is 16.7. The van der Waals surface area contributed by atoms with Crippen LogP contribution in [0.5, 0.6) is 0 Å². The van der Waals surface area contributed by atoms with Gasteiger partial charge in [-0.2, -0.15) is 0 Å². The van der Waals surface area contributed by atoms with Crippen molar-refractivity contribution >= 4 is 14.2 Å². The minimum atomic E-state index is -0.239. The van der Waals surface area contributed by atoms with Gasteiger partial charge in [0.1, 0.15) is 0 Å². The van der Waals surface area contributed by atoms with Crippen molar-refractivity contribution in [3.8, 4) is 0 Å². The summed E-state index contributed by atoms with van der Waals surface area (Å²) in [7, 11) is -0.363. The summed E-state index contributed by atoms with van der Waals surface area (Å²) in [6.45, 7) is 23.5. The van der Waals surface area contributed by atoms with Gasteiger partial charge in [0.25, 0.3) is 0 Å². The second-order valence-corrected chi connectivity index (χ2v) is 10.4. The summed E-state index contributed by atoms with van der Waals surface area (Å²) in [4.78, 5) is 0. The molecule has 0 aromatic heterocycles. The summed E-state index contributed by atoms with van der Waals surface area (Å²) < 4.78 is 34.4. The van der Waals surface area contributed by atoms with Crippen LogP contribution in [0.1, 0.15) is 82.1 Å². The zero-order valence-electron chi connectivity index (χ0n) is 22.0. The van der Waals surface area contributed by atoms with Crippen molar-refractivity contribution in [1.29, 1.82) is 0 Å². The van der Waals surface area contributed by atoms with E-state index < -0.39 is 0 Å². The summed E-state index contributed by atoms with van der Waals surface area (Å²) in [5.41, 5.74) is 1.49. The van der Waals surface area contributed by atoms with Gasteiger partial charge in [0, 0.05) is 0 Å². The van der Waals surface area contributed by atoms with Gasteiger partial charge in [-0.05, 0) is 79.2 Å². The Morgan fingerprint density at radius 1 is 0.562 bits per heavy atom. The van der Waals surface area contributed by atoms with Gasteiger partial charge >= 0.3 is 14.2 Å². The number of ether oxygens (including phenoxy) is 2. The van der Waals surface area contributed by atoms with E-state index in [1.807, 2.05) is 13.8 Å². The van der Waals surface area contributed by atoms with Crippen LogP contribution in [-0.2, 0) is 28.1 Å². The standard InChI is InChI=1S/2C11H19BO3.C2H6/c2*1-10(2)11(3,4)15-12(14-10)9-5-7-13-8-6-9;1-2/h2*5H,6-8H2,1-4H3;1-2H3. The third-order valence-electron chi connectivity index (χ3n) is 7.11. The second-order valence-electron chi connectivity index (χ2n) is 10.4. The molecule has 0 bridgehead atoms. The Kier molecular flexibility index (Phi) is 9.27. The minimum absolute atomic E-state index is 0.182. The van der Waals surface area contributed by atoms with Gasteiger partial charge < -0.3 is 28.1 Å². The van der Waals surface area contributed by atoms with Crippen molar-refractivity contribution < 1.29 is 28.1 Å². The van der Waals surface area contributed by atoms with Crippen LogP contribution in [0.25, 0.3) is 0 Å². The highest BCUT2D eigenvalue weighted by Gasteiger charge is 2.53.